The van der Waals surface area contributed by atoms with E-state index in [9.17, 15) is 8.42 Å². The molecule has 3 aromatic heterocycles. The Hall–Kier alpha value is -3.61. The van der Waals surface area contributed by atoms with Gasteiger partial charge in [-0.05, 0) is 35.1 Å². The van der Waals surface area contributed by atoms with E-state index < -0.39 is 9.84 Å². The van der Waals surface area contributed by atoms with E-state index in [0.29, 0.717) is 30.5 Å². The predicted octanol–water partition coefficient (Wildman–Crippen LogP) is 2.51. The van der Waals surface area contributed by atoms with Gasteiger partial charge in [0.2, 0.25) is 0 Å². The second-order valence-corrected chi connectivity index (χ2v) is 12.2. The smallest absolute Gasteiger partial charge is 0.164 e. The normalized spacial score (nSPS) is 17.7. The first-order chi connectivity index (χ1) is 18.1. The van der Waals surface area contributed by atoms with Crippen molar-refractivity contribution in [1.82, 2.24) is 24.7 Å². The molecule has 200 valence electrons. The van der Waals surface area contributed by atoms with Crippen LogP contribution in [0, 0.1) is 5.92 Å². The lowest BCUT2D eigenvalue weighted by Crippen LogP contribution is -2.63. The van der Waals surface area contributed by atoms with Crippen LogP contribution in [0.25, 0.3) is 22.2 Å². The quantitative estimate of drug-likeness (QED) is 0.291. The van der Waals surface area contributed by atoms with Crippen molar-refractivity contribution in [2.24, 2.45) is 11.7 Å². The molecule has 0 aliphatic carbocycles. The van der Waals surface area contributed by atoms with Crippen molar-refractivity contribution < 1.29 is 13.5 Å². The molecule has 4 heterocycles. The van der Waals surface area contributed by atoms with Crippen LogP contribution in [0.1, 0.15) is 25.3 Å². The molecule has 1 fully saturated rings. The van der Waals surface area contributed by atoms with Gasteiger partial charge in [-0.15, -0.1) is 0 Å². The molecule has 0 radical (unpaired) electrons. The van der Waals surface area contributed by atoms with Gasteiger partial charge in [0.1, 0.15) is 21.5 Å². The SMILES string of the molecule is CC(C)c1ccc(N2C[C@H](CS(C)(=O)=O)[C@H]2N)c2cnc(Nc3ccnc(-c4cnn(CCO)c4)n3)cc12. The minimum Gasteiger partial charge on any atom is -0.394 e. The summed E-state index contributed by atoms with van der Waals surface area (Å²) in [5, 5.41) is 18.7. The summed E-state index contributed by atoms with van der Waals surface area (Å²) in [6.07, 6.45) is 7.85. The van der Waals surface area contributed by atoms with E-state index in [2.05, 4.69) is 51.3 Å². The minimum atomic E-state index is -3.09. The summed E-state index contributed by atoms with van der Waals surface area (Å²) in [6, 6.07) is 7.94. The number of fused-ring (bicyclic) bond motifs is 1. The maximum Gasteiger partial charge on any atom is 0.164 e. The number of nitrogens with zero attached hydrogens (tertiary/aromatic N) is 6. The van der Waals surface area contributed by atoms with Crippen molar-refractivity contribution in [3.63, 3.8) is 0 Å². The number of hydrogen-bond donors (Lipinski definition) is 3. The molecule has 0 spiro atoms. The molecule has 38 heavy (non-hydrogen) atoms. The number of nitrogens with two attached hydrogens (primary N) is 1. The third kappa shape index (κ3) is 5.33. The lowest BCUT2D eigenvalue weighted by atomic mass is 9.92. The lowest BCUT2D eigenvalue weighted by molar-refractivity contribution is 0.269. The molecule has 1 aliphatic heterocycles. The summed E-state index contributed by atoms with van der Waals surface area (Å²) >= 11 is 0. The molecular formula is C26H32N8O3S. The second kappa shape index (κ2) is 10.3. The molecule has 11 nitrogen and oxygen atoms in total. The largest absolute Gasteiger partial charge is 0.394 e. The third-order valence-corrected chi connectivity index (χ3v) is 7.80. The Kier molecular flexibility index (Phi) is 7.03. The minimum absolute atomic E-state index is 0.00219. The standard InChI is InChI=1S/C26H32N8O3S/c1-16(2)19-4-5-22(34-14-18(25(34)27)15-38(3,36)37)21-12-29-24(10-20(19)21)31-23-6-7-28-26(32-23)17-11-30-33(13-17)8-9-35/h4-7,10-13,16,18,25,35H,8-9,14-15,27H2,1-3H3,(H,28,29,31,32)/t18-,25+/m1/s1. The van der Waals surface area contributed by atoms with E-state index in [-0.39, 0.29) is 30.4 Å². The number of hydrogen-bond acceptors (Lipinski definition) is 10. The Morgan fingerprint density at radius 3 is 2.68 bits per heavy atom. The number of pyridine rings is 1. The molecule has 5 rings (SSSR count). The van der Waals surface area contributed by atoms with Crippen LogP contribution < -0.4 is 16.0 Å². The van der Waals surface area contributed by atoms with E-state index >= 15 is 0 Å². The van der Waals surface area contributed by atoms with Gasteiger partial charge in [0.15, 0.2) is 5.82 Å². The summed E-state index contributed by atoms with van der Waals surface area (Å²) < 4.78 is 25.2. The molecule has 1 aliphatic rings. The van der Waals surface area contributed by atoms with Gasteiger partial charge in [0, 0.05) is 48.4 Å². The van der Waals surface area contributed by atoms with Crippen molar-refractivity contribution in [3.05, 3.63) is 54.6 Å². The highest BCUT2D eigenvalue weighted by atomic mass is 32.2. The summed E-state index contributed by atoms with van der Waals surface area (Å²) in [4.78, 5) is 15.7. The van der Waals surface area contributed by atoms with Gasteiger partial charge in [0.05, 0.1) is 36.8 Å². The topological polar surface area (TPSA) is 152 Å². The summed E-state index contributed by atoms with van der Waals surface area (Å²) in [6.45, 7) is 5.28. The van der Waals surface area contributed by atoms with E-state index in [4.69, 9.17) is 10.8 Å². The van der Waals surface area contributed by atoms with Crippen LogP contribution in [0.5, 0.6) is 0 Å². The highest BCUT2D eigenvalue weighted by Crippen LogP contribution is 2.38. The van der Waals surface area contributed by atoms with Crippen molar-refractivity contribution in [1.29, 1.82) is 0 Å². The third-order valence-electron chi connectivity index (χ3n) is 6.77. The molecule has 2 atom stereocenters. The Bertz CT molecular complexity index is 1570. The zero-order valence-electron chi connectivity index (χ0n) is 21.6. The van der Waals surface area contributed by atoms with E-state index in [0.717, 1.165) is 22.0 Å². The van der Waals surface area contributed by atoms with Crippen LogP contribution in [-0.2, 0) is 16.4 Å². The number of sulfone groups is 1. The first kappa shape index (κ1) is 26.0. The summed E-state index contributed by atoms with van der Waals surface area (Å²) in [5.41, 5.74) is 9.28. The monoisotopic (exact) mass is 536 g/mol. The fourth-order valence-corrected chi connectivity index (χ4v) is 5.95. The van der Waals surface area contributed by atoms with Crippen LogP contribution in [0.3, 0.4) is 0 Å². The predicted molar refractivity (Wildman–Crippen MR) is 148 cm³/mol. The first-order valence-corrected chi connectivity index (χ1v) is 14.6. The molecule has 4 N–H and O–H groups in total. The number of anilines is 3. The van der Waals surface area contributed by atoms with Gasteiger partial charge in [-0.3, -0.25) is 4.68 Å². The highest BCUT2D eigenvalue weighted by molar-refractivity contribution is 7.90. The number of aromatic nitrogens is 5. The maximum atomic E-state index is 11.8. The molecule has 12 heteroatoms. The zero-order valence-corrected chi connectivity index (χ0v) is 22.4. The fraction of sp³-hybridized carbons (Fsp3) is 0.385. The Balaban J connectivity index is 1.43. The van der Waals surface area contributed by atoms with Crippen LogP contribution in [-0.4, -0.2) is 69.6 Å². The van der Waals surface area contributed by atoms with E-state index in [1.54, 1.807) is 29.3 Å². The molecule has 4 aromatic rings. The van der Waals surface area contributed by atoms with Crippen molar-refractivity contribution >= 4 is 37.9 Å². The van der Waals surface area contributed by atoms with Gasteiger partial charge in [0.25, 0.3) is 0 Å². The molecular weight excluding hydrogens is 504 g/mol. The van der Waals surface area contributed by atoms with Crippen LogP contribution in [0.4, 0.5) is 17.3 Å². The van der Waals surface area contributed by atoms with Gasteiger partial charge in [-0.25, -0.2) is 23.4 Å². The summed E-state index contributed by atoms with van der Waals surface area (Å²) in [7, 11) is -3.09. The zero-order chi connectivity index (χ0) is 27.0. The van der Waals surface area contributed by atoms with Gasteiger partial charge < -0.3 is 21.1 Å². The molecule has 0 saturated carbocycles. The number of aliphatic hydroxyl groups excluding tert-OH is 1. The van der Waals surface area contributed by atoms with Crippen LogP contribution >= 0.6 is 0 Å². The highest BCUT2D eigenvalue weighted by Gasteiger charge is 2.39. The lowest BCUT2D eigenvalue weighted by Gasteiger charge is -2.47. The van der Waals surface area contributed by atoms with E-state index in [1.807, 2.05) is 17.2 Å². The average Bonchev–Trinajstić information content (AvgIpc) is 3.34. The molecule has 0 amide bonds. The number of benzene rings is 1. The van der Waals surface area contributed by atoms with E-state index in [1.165, 1.54) is 11.8 Å². The number of aliphatic hydroxyl groups is 1. The molecule has 0 bridgehead atoms. The Labute approximate surface area is 221 Å². The number of rotatable bonds is 9. The van der Waals surface area contributed by atoms with Crippen LogP contribution in [0.15, 0.2) is 49.1 Å². The number of nitrogens with one attached hydrogen (secondary N) is 1. The van der Waals surface area contributed by atoms with Gasteiger partial charge >= 0.3 is 0 Å². The fourth-order valence-electron chi connectivity index (χ4n) is 4.87. The Morgan fingerprint density at radius 2 is 1.97 bits per heavy atom. The maximum absolute atomic E-state index is 11.8. The molecule has 1 saturated heterocycles. The first-order valence-electron chi connectivity index (χ1n) is 12.5. The van der Waals surface area contributed by atoms with Gasteiger partial charge in [-0.2, -0.15) is 5.10 Å². The van der Waals surface area contributed by atoms with Crippen molar-refractivity contribution in [2.75, 3.05) is 35.4 Å². The van der Waals surface area contributed by atoms with Crippen LogP contribution in [0.2, 0.25) is 0 Å². The second-order valence-electron chi connectivity index (χ2n) is 10.0. The molecule has 1 aromatic carbocycles. The van der Waals surface area contributed by atoms with Gasteiger partial charge in [-0.1, -0.05) is 19.9 Å². The Morgan fingerprint density at radius 1 is 1.16 bits per heavy atom. The molecule has 0 unspecified atom stereocenters. The van der Waals surface area contributed by atoms with Crippen molar-refractivity contribution in [2.45, 2.75) is 32.5 Å². The average molecular weight is 537 g/mol. The van der Waals surface area contributed by atoms with Crippen molar-refractivity contribution in [3.8, 4) is 11.4 Å². The summed E-state index contributed by atoms with van der Waals surface area (Å²) in [5.74, 6) is 2.02.